The number of hydrogen-bond acceptors (Lipinski definition) is 6. The van der Waals surface area contributed by atoms with Crippen molar-refractivity contribution in [1.82, 2.24) is 0 Å². The maximum atomic E-state index is 17.3. The molecule has 5 aliphatic carbocycles. The quantitative estimate of drug-likeness (QED) is 0.658. The number of Topliss-reactive ketones (excluding diaryl/α,β-unsaturated/α-hetero) is 1. The molecule has 7 heteroatoms. The van der Waals surface area contributed by atoms with E-state index in [1.54, 1.807) is 13.0 Å². The van der Waals surface area contributed by atoms with Gasteiger partial charge in [-0.15, -0.1) is 0 Å². The van der Waals surface area contributed by atoms with Crippen molar-refractivity contribution in [2.45, 2.75) is 94.5 Å². The molecule has 0 bridgehead atoms. The van der Waals surface area contributed by atoms with Crippen LogP contribution in [-0.2, 0) is 19.1 Å². The van der Waals surface area contributed by atoms with Crippen LogP contribution in [0.25, 0.3) is 0 Å². The highest BCUT2D eigenvalue weighted by Gasteiger charge is 2.80. The Balaban J connectivity index is 1.46. The van der Waals surface area contributed by atoms with Crippen molar-refractivity contribution in [2.75, 3.05) is 6.61 Å². The summed E-state index contributed by atoms with van der Waals surface area (Å²) in [5, 5.41) is 21.5. The van der Waals surface area contributed by atoms with Gasteiger partial charge in [-0.1, -0.05) is 18.6 Å². The van der Waals surface area contributed by atoms with Crippen molar-refractivity contribution < 1.29 is 33.7 Å². The minimum Gasteiger partial charge on any atom is -0.390 e. The number of carbonyl (C=O) groups is 2. The highest BCUT2D eigenvalue weighted by molar-refractivity contribution is 6.01. The minimum absolute atomic E-state index is 0.0387. The fourth-order valence-corrected chi connectivity index (χ4v) is 8.88. The van der Waals surface area contributed by atoms with Gasteiger partial charge in [0.25, 0.3) is 0 Å². The molecule has 33 heavy (non-hydrogen) atoms. The van der Waals surface area contributed by atoms with Crippen LogP contribution in [0.15, 0.2) is 23.8 Å². The third-order valence-corrected chi connectivity index (χ3v) is 10.4. The first kappa shape index (κ1) is 22.1. The lowest BCUT2D eigenvalue weighted by atomic mass is 9.44. The molecular weight excluding hydrogens is 427 g/mol. The number of rotatable bonds is 2. The standard InChI is InChI=1S/C26H33FO6/c1-22-10-7-16(29)11-15(22)5-6-17-18-12-21-26(20(31)14-28,33-24(32-21)8-3-4-9-24)23(18,2)13-19(30)25(17,22)27/h7,10-11,17-19,21,28,30H,3-6,8-9,12-14H2,1-2H3/t17-,18+,19-,21?,22-,23-,25+,26+/m0/s1. The fraction of sp³-hybridized carbons (Fsp3) is 0.769. The Morgan fingerprint density at radius 1 is 1.24 bits per heavy atom. The second kappa shape index (κ2) is 6.62. The molecule has 6 rings (SSSR count). The first-order valence-electron chi connectivity index (χ1n) is 12.4. The van der Waals surface area contributed by atoms with Crippen LogP contribution >= 0.6 is 0 Å². The molecular formula is C26H33FO6. The molecule has 8 atom stereocenters. The number of fused-ring (bicyclic) bond motifs is 7. The normalized spacial score (nSPS) is 51.7. The summed E-state index contributed by atoms with van der Waals surface area (Å²) in [5.41, 5.74) is -4.56. The lowest BCUT2D eigenvalue weighted by Crippen LogP contribution is -2.70. The minimum atomic E-state index is -1.97. The molecule has 0 aromatic rings. The zero-order chi connectivity index (χ0) is 23.4. The van der Waals surface area contributed by atoms with E-state index >= 15 is 4.39 Å². The molecule has 0 amide bonds. The number of aliphatic hydroxyl groups is 2. The molecule has 5 fully saturated rings. The number of alkyl halides is 1. The summed E-state index contributed by atoms with van der Waals surface area (Å²) in [6, 6.07) is 0. The van der Waals surface area contributed by atoms with E-state index in [0.717, 1.165) is 18.4 Å². The van der Waals surface area contributed by atoms with Gasteiger partial charge in [0.05, 0.1) is 12.2 Å². The zero-order valence-corrected chi connectivity index (χ0v) is 19.3. The van der Waals surface area contributed by atoms with Crippen LogP contribution in [-0.4, -0.2) is 57.7 Å². The summed E-state index contributed by atoms with van der Waals surface area (Å²) in [4.78, 5) is 25.4. The van der Waals surface area contributed by atoms with Crippen LogP contribution in [0.5, 0.6) is 0 Å². The van der Waals surface area contributed by atoms with Gasteiger partial charge in [-0.3, -0.25) is 9.59 Å². The second-order valence-corrected chi connectivity index (χ2v) is 11.6. The Morgan fingerprint density at radius 2 is 1.97 bits per heavy atom. The smallest absolute Gasteiger partial charge is 0.193 e. The van der Waals surface area contributed by atoms with E-state index in [4.69, 9.17) is 9.47 Å². The number of carbonyl (C=O) groups excluding carboxylic acids is 2. The molecule has 6 nitrogen and oxygen atoms in total. The molecule has 1 aliphatic heterocycles. The number of hydrogen-bond donors (Lipinski definition) is 2. The molecule has 6 aliphatic rings. The van der Waals surface area contributed by atoms with Gasteiger partial charge in [-0.2, -0.15) is 0 Å². The molecule has 1 saturated heterocycles. The predicted octanol–water partition coefficient (Wildman–Crippen LogP) is 2.95. The fourth-order valence-electron chi connectivity index (χ4n) is 8.88. The monoisotopic (exact) mass is 460 g/mol. The van der Waals surface area contributed by atoms with E-state index < -0.39 is 58.4 Å². The number of ether oxygens (including phenoxy) is 2. The van der Waals surface area contributed by atoms with Crippen LogP contribution in [0.1, 0.15) is 65.2 Å². The number of aliphatic hydroxyl groups excluding tert-OH is 2. The number of allylic oxidation sites excluding steroid dienone is 4. The average Bonchev–Trinajstić information content (AvgIpc) is 3.43. The Labute approximate surface area is 193 Å². The molecule has 4 saturated carbocycles. The third kappa shape index (κ3) is 2.38. The van der Waals surface area contributed by atoms with Gasteiger partial charge in [0, 0.05) is 29.6 Å². The van der Waals surface area contributed by atoms with Gasteiger partial charge >= 0.3 is 0 Å². The maximum Gasteiger partial charge on any atom is 0.193 e. The lowest BCUT2D eigenvalue weighted by molar-refractivity contribution is -0.253. The van der Waals surface area contributed by atoms with Crippen LogP contribution in [0.4, 0.5) is 4.39 Å². The number of halogens is 1. The van der Waals surface area contributed by atoms with Gasteiger partial charge in [-0.05, 0) is 63.5 Å². The Morgan fingerprint density at radius 3 is 2.67 bits per heavy atom. The zero-order valence-electron chi connectivity index (χ0n) is 19.3. The molecule has 0 aromatic heterocycles. The van der Waals surface area contributed by atoms with Crippen molar-refractivity contribution in [2.24, 2.45) is 22.7 Å². The van der Waals surface area contributed by atoms with E-state index in [-0.39, 0.29) is 18.1 Å². The van der Waals surface area contributed by atoms with E-state index in [2.05, 4.69) is 0 Å². The molecule has 180 valence electrons. The summed E-state index contributed by atoms with van der Waals surface area (Å²) >= 11 is 0. The largest absolute Gasteiger partial charge is 0.390 e. The summed E-state index contributed by atoms with van der Waals surface area (Å²) in [7, 11) is 0. The topological polar surface area (TPSA) is 93.1 Å². The SMILES string of the molecule is C[C@]12C=CC(=O)C=C1CC[C@H]1[C@H]3CC4OC5(CCCC5)O[C@@]4(C(=O)CO)[C@@]3(C)C[C@H](O)[C@]12F. The first-order chi connectivity index (χ1) is 15.6. The summed E-state index contributed by atoms with van der Waals surface area (Å²) < 4.78 is 30.4. The summed E-state index contributed by atoms with van der Waals surface area (Å²) in [5.74, 6) is -2.17. The number of ketones is 2. The highest BCUT2D eigenvalue weighted by Crippen LogP contribution is 2.73. The van der Waals surface area contributed by atoms with E-state index in [0.29, 0.717) is 32.1 Å². The molecule has 2 N–H and O–H groups in total. The van der Waals surface area contributed by atoms with Gasteiger partial charge in [0.15, 0.2) is 28.6 Å². The van der Waals surface area contributed by atoms with Crippen molar-refractivity contribution in [1.29, 1.82) is 0 Å². The van der Waals surface area contributed by atoms with Crippen LogP contribution in [0.2, 0.25) is 0 Å². The lowest BCUT2D eigenvalue weighted by Gasteiger charge is -2.62. The summed E-state index contributed by atoms with van der Waals surface area (Å²) in [6.45, 7) is 3.04. The van der Waals surface area contributed by atoms with Gasteiger partial charge < -0.3 is 19.7 Å². The van der Waals surface area contributed by atoms with Crippen LogP contribution in [0, 0.1) is 22.7 Å². The molecule has 1 spiro atoms. The predicted molar refractivity (Wildman–Crippen MR) is 116 cm³/mol. The first-order valence-corrected chi connectivity index (χ1v) is 12.4. The Hall–Kier alpha value is -1.41. The van der Waals surface area contributed by atoms with E-state index in [1.165, 1.54) is 12.2 Å². The van der Waals surface area contributed by atoms with Gasteiger partial charge in [-0.25, -0.2) is 4.39 Å². The van der Waals surface area contributed by atoms with Gasteiger partial charge in [0.1, 0.15) is 6.61 Å². The molecule has 0 radical (unpaired) electrons. The van der Waals surface area contributed by atoms with Gasteiger partial charge in [0.2, 0.25) is 0 Å². The summed E-state index contributed by atoms with van der Waals surface area (Å²) in [6.07, 6.45) is 7.52. The average molecular weight is 461 g/mol. The molecule has 0 aromatic carbocycles. The van der Waals surface area contributed by atoms with Crippen molar-refractivity contribution in [3.05, 3.63) is 23.8 Å². The Kier molecular flexibility index (Phi) is 4.43. The van der Waals surface area contributed by atoms with Crippen molar-refractivity contribution in [3.8, 4) is 0 Å². The van der Waals surface area contributed by atoms with E-state index in [1.807, 2.05) is 6.92 Å². The molecule has 1 heterocycles. The highest BCUT2D eigenvalue weighted by atomic mass is 19.1. The van der Waals surface area contributed by atoms with Crippen LogP contribution in [0.3, 0.4) is 0 Å². The Bertz CT molecular complexity index is 983. The second-order valence-electron chi connectivity index (χ2n) is 11.6. The maximum absolute atomic E-state index is 17.3. The van der Waals surface area contributed by atoms with Crippen molar-refractivity contribution in [3.63, 3.8) is 0 Å². The van der Waals surface area contributed by atoms with E-state index in [9.17, 15) is 19.8 Å². The molecule has 1 unspecified atom stereocenters. The van der Waals surface area contributed by atoms with Crippen LogP contribution < -0.4 is 0 Å². The van der Waals surface area contributed by atoms with Crippen molar-refractivity contribution >= 4 is 11.6 Å². The third-order valence-electron chi connectivity index (χ3n) is 10.4.